The Kier molecular flexibility index (Phi) is 2.91. The van der Waals surface area contributed by atoms with Gasteiger partial charge in [-0.15, -0.1) is 5.10 Å². The lowest BCUT2D eigenvalue weighted by atomic mass is 9.86. The van der Waals surface area contributed by atoms with Crippen LogP contribution in [0.15, 0.2) is 11.2 Å². The number of rotatable bonds is 3. The first-order valence-corrected chi connectivity index (χ1v) is 7.87. The first-order valence-electron chi connectivity index (χ1n) is 6.43. The Bertz CT molecular complexity index is 577. The zero-order chi connectivity index (χ0) is 13.7. The molecule has 0 bridgehead atoms. The maximum absolute atomic E-state index is 12.6. The fourth-order valence-corrected chi connectivity index (χ4v) is 4.34. The molecule has 7 nitrogen and oxygen atoms in total. The summed E-state index contributed by atoms with van der Waals surface area (Å²) in [5.41, 5.74) is 0.0448. The van der Waals surface area contributed by atoms with Gasteiger partial charge in [0.2, 0.25) is 0 Å². The summed E-state index contributed by atoms with van der Waals surface area (Å²) in [5, 5.41) is 7.77. The summed E-state index contributed by atoms with van der Waals surface area (Å²) in [7, 11) is -3.50. The van der Waals surface area contributed by atoms with Crippen molar-refractivity contribution in [2.75, 3.05) is 26.3 Å². The van der Waals surface area contributed by atoms with Gasteiger partial charge in [-0.1, -0.05) is 5.21 Å². The van der Waals surface area contributed by atoms with E-state index in [0.29, 0.717) is 26.3 Å². The number of aromatic nitrogens is 3. The fourth-order valence-electron chi connectivity index (χ4n) is 2.63. The summed E-state index contributed by atoms with van der Waals surface area (Å²) >= 11 is 0. The maximum Gasteiger partial charge on any atom is 0.261 e. The van der Waals surface area contributed by atoms with Crippen molar-refractivity contribution in [2.24, 2.45) is 5.41 Å². The second-order valence-corrected chi connectivity index (χ2v) is 7.58. The minimum atomic E-state index is -3.50. The molecule has 8 heteroatoms. The summed E-state index contributed by atoms with van der Waals surface area (Å²) in [5.74, 6) is 0. The van der Waals surface area contributed by atoms with Crippen LogP contribution in [0.25, 0.3) is 0 Å². The highest BCUT2D eigenvalue weighted by Crippen LogP contribution is 2.39. The Balaban J connectivity index is 1.89. The quantitative estimate of drug-likeness (QED) is 0.797. The van der Waals surface area contributed by atoms with Crippen molar-refractivity contribution < 1.29 is 13.2 Å². The molecular weight excluding hydrogens is 268 g/mol. The van der Waals surface area contributed by atoms with E-state index in [2.05, 4.69) is 10.3 Å². The second-order valence-electron chi connectivity index (χ2n) is 5.69. The molecule has 2 aliphatic heterocycles. The summed E-state index contributed by atoms with van der Waals surface area (Å²) in [4.78, 5) is 0. The summed E-state index contributed by atoms with van der Waals surface area (Å²) in [6.07, 6.45) is 2.20. The molecule has 0 N–H and O–H groups in total. The monoisotopic (exact) mass is 286 g/mol. The first kappa shape index (κ1) is 13.0. The molecule has 2 aliphatic rings. The van der Waals surface area contributed by atoms with Crippen molar-refractivity contribution in [1.29, 1.82) is 0 Å². The van der Waals surface area contributed by atoms with Gasteiger partial charge in [-0.05, 0) is 20.3 Å². The Morgan fingerprint density at radius 3 is 2.68 bits per heavy atom. The van der Waals surface area contributed by atoms with Crippen LogP contribution in [-0.2, 0) is 14.8 Å². The molecule has 3 heterocycles. The van der Waals surface area contributed by atoms with Gasteiger partial charge in [0.15, 0.2) is 5.03 Å². The van der Waals surface area contributed by atoms with E-state index in [0.717, 1.165) is 6.42 Å². The lowest BCUT2D eigenvalue weighted by Gasteiger charge is -2.37. The summed E-state index contributed by atoms with van der Waals surface area (Å²) in [6, 6.07) is -0.0316. The van der Waals surface area contributed by atoms with E-state index >= 15 is 0 Å². The van der Waals surface area contributed by atoms with Crippen molar-refractivity contribution in [1.82, 2.24) is 19.3 Å². The molecule has 0 unspecified atom stereocenters. The average molecular weight is 286 g/mol. The van der Waals surface area contributed by atoms with Crippen molar-refractivity contribution in [2.45, 2.75) is 31.3 Å². The Labute approximate surface area is 112 Å². The van der Waals surface area contributed by atoms with E-state index < -0.39 is 10.0 Å². The van der Waals surface area contributed by atoms with Crippen molar-refractivity contribution in [3.05, 3.63) is 6.20 Å². The number of ether oxygens (including phenoxy) is 1. The highest BCUT2D eigenvalue weighted by atomic mass is 32.2. The lowest BCUT2D eigenvalue weighted by molar-refractivity contribution is -0.102. The van der Waals surface area contributed by atoms with Crippen molar-refractivity contribution >= 4 is 10.0 Å². The first-order chi connectivity index (χ1) is 8.95. The Morgan fingerprint density at radius 2 is 2.16 bits per heavy atom. The second kappa shape index (κ2) is 4.26. The van der Waals surface area contributed by atoms with Gasteiger partial charge in [-0.2, -0.15) is 4.31 Å². The van der Waals surface area contributed by atoms with Gasteiger partial charge < -0.3 is 4.74 Å². The average Bonchev–Trinajstić information content (AvgIpc) is 2.96. The predicted octanol–water partition coefficient (Wildman–Crippen LogP) is 0.270. The highest BCUT2D eigenvalue weighted by Gasteiger charge is 2.48. The van der Waals surface area contributed by atoms with E-state index in [-0.39, 0.29) is 16.5 Å². The third-order valence-electron chi connectivity index (χ3n) is 3.86. The van der Waals surface area contributed by atoms with Gasteiger partial charge in [0, 0.05) is 24.5 Å². The normalized spacial score (nSPS) is 23.1. The smallest absolute Gasteiger partial charge is 0.261 e. The summed E-state index contributed by atoms with van der Waals surface area (Å²) < 4.78 is 33.5. The molecule has 0 radical (unpaired) electrons. The van der Waals surface area contributed by atoms with Gasteiger partial charge in [0.1, 0.15) is 0 Å². The molecule has 19 heavy (non-hydrogen) atoms. The van der Waals surface area contributed by atoms with E-state index in [1.54, 1.807) is 0 Å². The number of hydrogen-bond acceptors (Lipinski definition) is 5. The van der Waals surface area contributed by atoms with Crippen LogP contribution in [0.2, 0.25) is 0 Å². The van der Waals surface area contributed by atoms with Crippen LogP contribution < -0.4 is 0 Å². The third-order valence-corrected chi connectivity index (χ3v) is 5.67. The molecule has 2 saturated heterocycles. The molecule has 106 valence electrons. The maximum atomic E-state index is 12.6. The Hall–Kier alpha value is -0.990. The zero-order valence-corrected chi connectivity index (χ0v) is 11.9. The van der Waals surface area contributed by atoms with E-state index in [4.69, 9.17) is 4.74 Å². The fraction of sp³-hybridized carbons (Fsp3) is 0.818. The topological polar surface area (TPSA) is 77.3 Å². The minimum absolute atomic E-state index is 0.0316. The lowest BCUT2D eigenvalue weighted by Crippen LogP contribution is -2.45. The standard InChI is InChI=1S/C11H18N4O3S/c1-9(2)15-10(5-12-13-15)19(16,17)14-4-3-11(6-14)7-18-8-11/h5,9H,3-4,6-8H2,1-2H3. The molecule has 0 aliphatic carbocycles. The van der Waals surface area contributed by atoms with Crippen LogP contribution in [0.1, 0.15) is 26.3 Å². The van der Waals surface area contributed by atoms with Crippen LogP contribution in [0.3, 0.4) is 0 Å². The van der Waals surface area contributed by atoms with Gasteiger partial charge in [-0.25, -0.2) is 13.1 Å². The third kappa shape index (κ3) is 1.98. The molecule has 1 aromatic rings. The van der Waals surface area contributed by atoms with Gasteiger partial charge in [0.25, 0.3) is 10.0 Å². The highest BCUT2D eigenvalue weighted by molar-refractivity contribution is 7.89. The van der Waals surface area contributed by atoms with Gasteiger partial charge in [0.05, 0.1) is 19.4 Å². The van der Waals surface area contributed by atoms with Crippen LogP contribution >= 0.6 is 0 Å². The Morgan fingerprint density at radius 1 is 1.42 bits per heavy atom. The molecule has 1 aromatic heterocycles. The van der Waals surface area contributed by atoms with Crippen LogP contribution in [0.4, 0.5) is 0 Å². The zero-order valence-electron chi connectivity index (χ0n) is 11.1. The van der Waals surface area contributed by atoms with Crippen LogP contribution in [-0.4, -0.2) is 54.0 Å². The SMILES string of the molecule is CC(C)n1nncc1S(=O)(=O)N1CCC2(COC2)C1. The molecule has 2 fully saturated rings. The number of hydrogen-bond donors (Lipinski definition) is 0. The molecule has 0 saturated carbocycles. The minimum Gasteiger partial charge on any atom is -0.380 e. The predicted molar refractivity (Wildman–Crippen MR) is 67.0 cm³/mol. The van der Waals surface area contributed by atoms with Crippen molar-refractivity contribution in [3.63, 3.8) is 0 Å². The largest absolute Gasteiger partial charge is 0.380 e. The van der Waals surface area contributed by atoms with Gasteiger partial charge in [-0.3, -0.25) is 0 Å². The molecule has 3 rings (SSSR count). The number of nitrogens with zero attached hydrogens (tertiary/aromatic N) is 4. The van der Waals surface area contributed by atoms with E-state index in [1.165, 1.54) is 15.2 Å². The molecule has 0 amide bonds. The van der Waals surface area contributed by atoms with E-state index in [1.807, 2.05) is 13.8 Å². The number of sulfonamides is 1. The van der Waals surface area contributed by atoms with Crippen LogP contribution in [0.5, 0.6) is 0 Å². The molecular formula is C11H18N4O3S. The summed E-state index contributed by atoms with van der Waals surface area (Å²) in [6.45, 7) is 6.20. The van der Waals surface area contributed by atoms with E-state index in [9.17, 15) is 8.42 Å². The van der Waals surface area contributed by atoms with Crippen LogP contribution in [0, 0.1) is 5.41 Å². The molecule has 0 aromatic carbocycles. The molecule has 1 spiro atoms. The van der Waals surface area contributed by atoms with Crippen molar-refractivity contribution in [3.8, 4) is 0 Å². The molecule has 0 atom stereocenters. The van der Waals surface area contributed by atoms with Gasteiger partial charge >= 0.3 is 0 Å².